The van der Waals surface area contributed by atoms with Gasteiger partial charge in [0.1, 0.15) is 0 Å². The molecule has 0 unspecified atom stereocenters. The first-order valence-electron chi connectivity index (χ1n) is 14.1. The van der Waals surface area contributed by atoms with Crippen molar-refractivity contribution in [3.63, 3.8) is 0 Å². The largest absolute Gasteiger partial charge is 0.332 e. The SMILES string of the molecule is CCOP(OCC)OCC.CCOP(OCC)OCC.CCOP(OCC)OCC.CCOP(OCC)OCC.[Pt]. The van der Waals surface area contributed by atoms with Gasteiger partial charge in [0.2, 0.25) is 0 Å². The molecule has 258 valence electrons. The van der Waals surface area contributed by atoms with Crippen LogP contribution >= 0.6 is 34.4 Å². The van der Waals surface area contributed by atoms with Crippen molar-refractivity contribution in [2.75, 3.05) is 79.3 Å². The van der Waals surface area contributed by atoms with Gasteiger partial charge in [0.05, 0.1) is 79.3 Å². The molecule has 0 bridgehead atoms. The number of rotatable bonds is 24. The van der Waals surface area contributed by atoms with Gasteiger partial charge in [0.15, 0.2) is 0 Å². The van der Waals surface area contributed by atoms with Gasteiger partial charge in [0, 0.05) is 21.1 Å². The van der Waals surface area contributed by atoms with Crippen molar-refractivity contribution in [2.45, 2.75) is 83.1 Å². The fourth-order valence-electron chi connectivity index (χ4n) is 1.71. The first kappa shape index (κ1) is 52.5. The van der Waals surface area contributed by atoms with Crippen molar-refractivity contribution in [3.8, 4) is 0 Å². The maximum atomic E-state index is 5.14. The van der Waals surface area contributed by atoms with Crippen molar-refractivity contribution >= 4 is 34.4 Å². The van der Waals surface area contributed by atoms with E-state index >= 15 is 0 Å². The summed E-state index contributed by atoms with van der Waals surface area (Å²) in [5, 5.41) is 0. The van der Waals surface area contributed by atoms with E-state index in [0.717, 1.165) is 0 Å². The van der Waals surface area contributed by atoms with Gasteiger partial charge in [-0.25, -0.2) is 0 Å². The van der Waals surface area contributed by atoms with E-state index in [1.54, 1.807) is 0 Å². The minimum Gasteiger partial charge on any atom is -0.313 e. The third-order valence-electron chi connectivity index (χ3n) is 2.81. The molecule has 0 rings (SSSR count). The standard InChI is InChI=1S/4C6H15O3P.Pt/c4*1-4-7-10(8-5-2)9-6-3;/h4*4-6H2,1-3H3;. The van der Waals surface area contributed by atoms with Gasteiger partial charge in [0.25, 0.3) is 0 Å². The summed E-state index contributed by atoms with van der Waals surface area (Å²) in [5.41, 5.74) is 0. The fraction of sp³-hybridized carbons (Fsp3) is 1.00. The fourth-order valence-corrected chi connectivity index (χ4v) is 5.14. The first-order valence-corrected chi connectivity index (χ1v) is 18.5. The van der Waals surface area contributed by atoms with Crippen LogP contribution in [0.4, 0.5) is 0 Å². The van der Waals surface area contributed by atoms with Crippen LogP contribution in [-0.4, -0.2) is 79.3 Å². The normalized spacial score (nSPS) is 10.5. The first-order chi connectivity index (χ1) is 19.4. The van der Waals surface area contributed by atoms with Crippen molar-refractivity contribution in [1.82, 2.24) is 0 Å². The second-order valence-corrected chi connectivity index (χ2v) is 10.8. The number of hydrogen-bond acceptors (Lipinski definition) is 12. The van der Waals surface area contributed by atoms with Gasteiger partial charge in [-0.05, 0) is 83.1 Å². The Balaban J connectivity index is -0.000000139. The van der Waals surface area contributed by atoms with E-state index in [9.17, 15) is 0 Å². The number of hydrogen-bond donors (Lipinski definition) is 0. The second-order valence-electron chi connectivity index (χ2n) is 5.91. The molecule has 41 heavy (non-hydrogen) atoms. The van der Waals surface area contributed by atoms with Crippen molar-refractivity contribution in [3.05, 3.63) is 0 Å². The van der Waals surface area contributed by atoms with Crippen molar-refractivity contribution in [1.29, 1.82) is 0 Å². The van der Waals surface area contributed by atoms with E-state index in [4.69, 9.17) is 54.3 Å². The second kappa shape index (κ2) is 48.8. The minimum atomic E-state index is -1.06. The summed E-state index contributed by atoms with van der Waals surface area (Å²) in [6, 6.07) is 0. The Morgan fingerprint density at radius 3 is 0.341 bits per heavy atom. The monoisotopic (exact) mass is 859 g/mol. The summed E-state index contributed by atoms with van der Waals surface area (Å²) in [5.74, 6) is 0. The summed E-state index contributed by atoms with van der Waals surface area (Å²) in [6.45, 7) is 30.8. The Morgan fingerprint density at radius 1 is 0.220 bits per heavy atom. The van der Waals surface area contributed by atoms with E-state index in [2.05, 4.69) is 0 Å². The van der Waals surface area contributed by atoms with Gasteiger partial charge in [-0.1, -0.05) is 0 Å². The smallest absolute Gasteiger partial charge is 0.313 e. The van der Waals surface area contributed by atoms with Gasteiger partial charge < -0.3 is 54.3 Å². The molecule has 0 amide bonds. The maximum Gasteiger partial charge on any atom is 0.332 e. The van der Waals surface area contributed by atoms with Crippen LogP contribution in [0.25, 0.3) is 0 Å². The van der Waals surface area contributed by atoms with E-state index in [-0.39, 0.29) is 21.1 Å². The van der Waals surface area contributed by atoms with Crippen molar-refractivity contribution in [2.24, 2.45) is 0 Å². The molecule has 17 heteroatoms. The van der Waals surface area contributed by atoms with Crippen LogP contribution in [0.15, 0.2) is 0 Å². The molecule has 0 aromatic carbocycles. The zero-order valence-corrected chi connectivity index (χ0v) is 33.3. The Labute approximate surface area is 271 Å². The summed E-state index contributed by atoms with van der Waals surface area (Å²) in [4.78, 5) is 0. The molecule has 0 saturated heterocycles. The van der Waals surface area contributed by atoms with E-state index in [1.165, 1.54) is 0 Å². The van der Waals surface area contributed by atoms with Crippen LogP contribution in [0.2, 0.25) is 0 Å². The van der Waals surface area contributed by atoms with Gasteiger partial charge >= 0.3 is 34.4 Å². The predicted octanol–water partition coefficient (Wildman–Crippen LogP) is 9.29. The average Bonchev–Trinajstić information content (AvgIpc) is 2.92. The van der Waals surface area contributed by atoms with Crippen molar-refractivity contribution < 1.29 is 75.4 Å². The summed E-state index contributed by atoms with van der Waals surface area (Å²) in [6.07, 6.45) is 0. The zero-order valence-electron chi connectivity index (χ0n) is 27.5. The zero-order chi connectivity index (χ0) is 31.3. The molecule has 0 N–H and O–H groups in total. The van der Waals surface area contributed by atoms with Crippen LogP contribution in [-0.2, 0) is 75.4 Å². The molecule has 0 aromatic rings. The quantitative estimate of drug-likeness (QED) is 0.0863. The van der Waals surface area contributed by atoms with Gasteiger partial charge in [-0.3, -0.25) is 0 Å². The Morgan fingerprint density at radius 2 is 0.293 bits per heavy atom. The molecule has 0 aliphatic rings. The Kier molecular flexibility index (Phi) is 62.5. The third-order valence-corrected chi connectivity index (χ3v) is 8.44. The molecule has 0 fully saturated rings. The average molecular weight is 860 g/mol. The van der Waals surface area contributed by atoms with Gasteiger partial charge in [-0.2, -0.15) is 0 Å². The molecule has 0 aromatic heterocycles. The van der Waals surface area contributed by atoms with Crippen LogP contribution in [0.5, 0.6) is 0 Å². The molecule has 0 atom stereocenters. The summed E-state index contributed by atoms with van der Waals surface area (Å²) in [7, 11) is -4.24. The predicted molar refractivity (Wildman–Crippen MR) is 167 cm³/mol. The van der Waals surface area contributed by atoms with Crippen LogP contribution < -0.4 is 0 Å². The van der Waals surface area contributed by atoms with Crippen LogP contribution in [0, 0.1) is 0 Å². The molecular weight excluding hydrogens is 799 g/mol. The molecule has 12 nitrogen and oxygen atoms in total. The Bertz CT molecular complexity index is 302. The summed E-state index contributed by atoms with van der Waals surface area (Å²) < 4.78 is 61.7. The molecule has 0 heterocycles. The third kappa shape index (κ3) is 46.5. The van der Waals surface area contributed by atoms with Crippen LogP contribution in [0.1, 0.15) is 83.1 Å². The molecule has 0 spiro atoms. The minimum absolute atomic E-state index is 0. The molecular formula is C24H60O12P4Pt. The van der Waals surface area contributed by atoms with Crippen LogP contribution in [0.3, 0.4) is 0 Å². The maximum absolute atomic E-state index is 5.14. The molecule has 0 aliphatic heterocycles. The van der Waals surface area contributed by atoms with Gasteiger partial charge in [-0.15, -0.1) is 0 Å². The van der Waals surface area contributed by atoms with E-state index in [0.29, 0.717) is 79.3 Å². The Hall–Kier alpha value is 1.93. The van der Waals surface area contributed by atoms with E-state index in [1.807, 2.05) is 83.1 Å². The molecule has 0 saturated carbocycles. The van der Waals surface area contributed by atoms with E-state index < -0.39 is 34.4 Å². The summed E-state index contributed by atoms with van der Waals surface area (Å²) >= 11 is 0. The molecule has 0 aliphatic carbocycles. The molecule has 0 radical (unpaired) electrons. The topological polar surface area (TPSA) is 111 Å².